The van der Waals surface area contributed by atoms with Gasteiger partial charge in [0.25, 0.3) is 0 Å². The predicted octanol–water partition coefficient (Wildman–Crippen LogP) is 2.94. The van der Waals surface area contributed by atoms with Crippen LogP contribution in [-0.2, 0) is 4.79 Å². The lowest BCUT2D eigenvalue weighted by molar-refractivity contribution is -0.119. The van der Waals surface area contributed by atoms with Crippen molar-refractivity contribution in [3.8, 4) is 6.07 Å². The van der Waals surface area contributed by atoms with E-state index in [0.717, 1.165) is 24.1 Å². The predicted molar refractivity (Wildman–Crippen MR) is 89.2 cm³/mol. The summed E-state index contributed by atoms with van der Waals surface area (Å²) in [5, 5.41) is 9.34. The Bertz CT molecular complexity index is 737. The van der Waals surface area contributed by atoms with Crippen molar-refractivity contribution in [2.24, 2.45) is 0 Å². The van der Waals surface area contributed by atoms with Gasteiger partial charge in [0.05, 0.1) is 16.9 Å². The molecule has 1 amide bonds. The highest BCUT2D eigenvalue weighted by Crippen LogP contribution is 2.30. The van der Waals surface area contributed by atoms with Crippen LogP contribution in [0.25, 0.3) is 0 Å². The molecule has 1 fully saturated rings. The topological polar surface area (TPSA) is 69.9 Å². The van der Waals surface area contributed by atoms with Crippen molar-refractivity contribution in [2.75, 3.05) is 11.4 Å². The van der Waals surface area contributed by atoms with Gasteiger partial charge in [-0.05, 0) is 49.6 Å². The smallest absolute Gasteiger partial charge is 0.240 e. The summed E-state index contributed by atoms with van der Waals surface area (Å²) >= 11 is 1.42. The number of nitriles is 1. The van der Waals surface area contributed by atoms with Crippen LogP contribution in [-0.4, -0.2) is 27.7 Å². The molecule has 1 aromatic carbocycles. The number of hydrogen-bond donors (Lipinski definition) is 0. The molecule has 2 aromatic rings. The van der Waals surface area contributed by atoms with Crippen molar-refractivity contribution in [1.29, 1.82) is 5.26 Å². The molecule has 23 heavy (non-hydrogen) atoms. The van der Waals surface area contributed by atoms with Crippen molar-refractivity contribution in [3.63, 3.8) is 0 Å². The number of piperidine rings is 1. The Hall–Kier alpha value is -2.39. The maximum absolute atomic E-state index is 12.7. The Morgan fingerprint density at radius 1 is 1.26 bits per heavy atom. The van der Waals surface area contributed by atoms with Gasteiger partial charge in [-0.15, -0.1) is 0 Å². The quantitative estimate of drug-likeness (QED) is 0.812. The Morgan fingerprint density at radius 3 is 2.61 bits per heavy atom. The zero-order valence-corrected chi connectivity index (χ0v) is 13.6. The fraction of sp³-hybridized carbons (Fsp3) is 0.294. The Kier molecular flexibility index (Phi) is 4.58. The normalized spacial score (nSPS) is 17.8. The van der Waals surface area contributed by atoms with E-state index in [2.05, 4.69) is 16.0 Å². The average Bonchev–Trinajstić information content (AvgIpc) is 2.59. The van der Waals surface area contributed by atoms with Crippen LogP contribution < -0.4 is 4.90 Å². The van der Waals surface area contributed by atoms with E-state index in [9.17, 15) is 4.79 Å². The molecule has 5 nitrogen and oxygen atoms in total. The molecule has 0 aliphatic carbocycles. The summed E-state index contributed by atoms with van der Waals surface area (Å²) in [6, 6.07) is 9.22. The largest absolute Gasteiger partial charge is 0.311 e. The molecule has 116 valence electrons. The lowest BCUT2D eigenvalue weighted by atomic mass is 10.1. The van der Waals surface area contributed by atoms with Gasteiger partial charge in [-0.25, -0.2) is 9.97 Å². The third-order valence-electron chi connectivity index (χ3n) is 3.70. The minimum Gasteiger partial charge on any atom is -0.311 e. The van der Waals surface area contributed by atoms with E-state index in [1.54, 1.807) is 29.4 Å². The van der Waals surface area contributed by atoms with Gasteiger partial charge < -0.3 is 4.90 Å². The van der Waals surface area contributed by atoms with E-state index < -0.39 is 0 Å². The minimum atomic E-state index is -0.165. The molecule has 2 heterocycles. The summed E-state index contributed by atoms with van der Waals surface area (Å²) < 4.78 is 0. The van der Waals surface area contributed by atoms with Crippen LogP contribution in [0.4, 0.5) is 5.69 Å². The second-order valence-electron chi connectivity index (χ2n) is 5.44. The van der Waals surface area contributed by atoms with E-state index >= 15 is 0 Å². The maximum atomic E-state index is 12.7. The van der Waals surface area contributed by atoms with Gasteiger partial charge in [-0.2, -0.15) is 5.26 Å². The number of thioether (sulfide) groups is 1. The number of hydrogen-bond acceptors (Lipinski definition) is 5. The van der Waals surface area contributed by atoms with Crippen LogP contribution in [0, 0.1) is 18.3 Å². The van der Waals surface area contributed by atoms with Gasteiger partial charge in [-0.3, -0.25) is 4.79 Å². The van der Waals surface area contributed by atoms with Crippen molar-refractivity contribution in [3.05, 3.63) is 47.8 Å². The SMILES string of the molecule is Cc1cnc(S[C@H]2CCCN(c3ccc(C#N)cc3)C2=O)nc1. The molecule has 0 saturated carbocycles. The first kappa shape index (κ1) is 15.5. The van der Waals surface area contributed by atoms with Crippen molar-refractivity contribution in [2.45, 2.75) is 30.2 Å². The number of rotatable bonds is 3. The first-order valence-electron chi connectivity index (χ1n) is 7.44. The molecule has 1 aliphatic heterocycles. The number of nitrogens with zero attached hydrogens (tertiary/aromatic N) is 4. The molecule has 1 aliphatic rings. The van der Waals surface area contributed by atoms with Crippen LogP contribution >= 0.6 is 11.8 Å². The number of amides is 1. The second kappa shape index (κ2) is 6.80. The summed E-state index contributed by atoms with van der Waals surface area (Å²) in [6.45, 7) is 2.64. The Morgan fingerprint density at radius 2 is 1.96 bits per heavy atom. The number of aryl methyl sites for hydroxylation is 1. The molecule has 1 saturated heterocycles. The van der Waals surface area contributed by atoms with Gasteiger partial charge >= 0.3 is 0 Å². The summed E-state index contributed by atoms with van der Waals surface area (Å²) in [6.07, 6.45) is 5.30. The van der Waals surface area contributed by atoms with Gasteiger partial charge in [0.2, 0.25) is 5.91 Å². The molecule has 0 N–H and O–H groups in total. The number of anilines is 1. The fourth-order valence-corrected chi connectivity index (χ4v) is 3.49. The van der Waals surface area contributed by atoms with Crippen molar-refractivity contribution >= 4 is 23.4 Å². The average molecular weight is 324 g/mol. The highest BCUT2D eigenvalue weighted by molar-refractivity contribution is 8.00. The first-order chi connectivity index (χ1) is 11.2. The third-order valence-corrected chi connectivity index (χ3v) is 4.85. The standard InChI is InChI=1S/C17H16N4OS/c1-12-10-19-17(20-11-12)23-15-3-2-8-21(16(15)22)14-6-4-13(9-18)5-7-14/h4-7,10-11,15H,2-3,8H2,1H3/t15-/m0/s1. The van der Waals surface area contributed by atoms with Crippen LogP contribution in [0.1, 0.15) is 24.0 Å². The third kappa shape index (κ3) is 3.51. The van der Waals surface area contributed by atoms with Crippen LogP contribution in [0.15, 0.2) is 41.8 Å². The van der Waals surface area contributed by atoms with E-state index in [4.69, 9.17) is 5.26 Å². The molecule has 6 heteroatoms. The van der Waals surface area contributed by atoms with Crippen LogP contribution in [0.2, 0.25) is 0 Å². The summed E-state index contributed by atoms with van der Waals surface area (Å²) in [7, 11) is 0. The molecule has 1 aromatic heterocycles. The summed E-state index contributed by atoms with van der Waals surface area (Å²) in [5.41, 5.74) is 2.44. The summed E-state index contributed by atoms with van der Waals surface area (Å²) in [5.74, 6) is 0.0788. The van der Waals surface area contributed by atoms with Crippen molar-refractivity contribution < 1.29 is 4.79 Å². The Balaban J connectivity index is 1.75. The lowest BCUT2D eigenvalue weighted by Crippen LogP contribution is -2.43. The highest BCUT2D eigenvalue weighted by Gasteiger charge is 2.31. The zero-order chi connectivity index (χ0) is 16.2. The van der Waals surface area contributed by atoms with E-state index in [1.807, 2.05) is 19.1 Å². The Labute approximate surface area is 139 Å². The van der Waals surface area contributed by atoms with Gasteiger partial charge in [0.15, 0.2) is 5.16 Å². The molecular weight excluding hydrogens is 308 g/mol. The van der Waals surface area contributed by atoms with Gasteiger partial charge in [0.1, 0.15) is 0 Å². The molecular formula is C17H16N4OS. The molecule has 0 bridgehead atoms. The number of aromatic nitrogens is 2. The minimum absolute atomic E-state index is 0.0788. The van der Waals surface area contributed by atoms with Crippen LogP contribution in [0.5, 0.6) is 0 Å². The van der Waals surface area contributed by atoms with Crippen molar-refractivity contribution in [1.82, 2.24) is 9.97 Å². The summed E-state index contributed by atoms with van der Waals surface area (Å²) in [4.78, 5) is 23.1. The number of benzene rings is 1. The highest BCUT2D eigenvalue weighted by atomic mass is 32.2. The first-order valence-corrected chi connectivity index (χ1v) is 8.32. The maximum Gasteiger partial charge on any atom is 0.240 e. The van der Waals surface area contributed by atoms with E-state index in [0.29, 0.717) is 17.3 Å². The number of carbonyl (C=O) groups is 1. The van der Waals surface area contributed by atoms with Gasteiger partial charge in [-0.1, -0.05) is 11.8 Å². The molecule has 0 unspecified atom stereocenters. The van der Waals surface area contributed by atoms with E-state index in [-0.39, 0.29) is 11.2 Å². The molecule has 3 rings (SSSR count). The number of carbonyl (C=O) groups excluding carboxylic acids is 1. The molecule has 0 radical (unpaired) electrons. The molecule has 1 atom stereocenters. The zero-order valence-electron chi connectivity index (χ0n) is 12.8. The monoisotopic (exact) mass is 324 g/mol. The van der Waals surface area contributed by atoms with Gasteiger partial charge in [0, 0.05) is 24.6 Å². The lowest BCUT2D eigenvalue weighted by Gasteiger charge is -2.31. The fourth-order valence-electron chi connectivity index (χ4n) is 2.49. The van der Waals surface area contributed by atoms with Crippen LogP contribution in [0.3, 0.4) is 0 Å². The van der Waals surface area contributed by atoms with E-state index in [1.165, 1.54) is 11.8 Å². The molecule has 0 spiro atoms. The second-order valence-corrected chi connectivity index (χ2v) is 6.61.